The van der Waals surface area contributed by atoms with Gasteiger partial charge >= 0.3 is 6.61 Å². The highest BCUT2D eigenvalue weighted by Crippen LogP contribution is 2.24. The van der Waals surface area contributed by atoms with E-state index in [9.17, 15) is 13.6 Å². The summed E-state index contributed by atoms with van der Waals surface area (Å²) < 4.78 is 28.7. The lowest BCUT2D eigenvalue weighted by molar-refractivity contribution is -0.0498. The van der Waals surface area contributed by atoms with Crippen LogP contribution in [-0.2, 0) is 0 Å². The molecular formula is C16H18F2N4O2. The van der Waals surface area contributed by atoms with Crippen molar-refractivity contribution in [2.75, 3.05) is 18.0 Å². The third kappa shape index (κ3) is 4.01. The van der Waals surface area contributed by atoms with Crippen molar-refractivity contribution in [3.8, 4) is 5.75 Å². The molecule has 6 nitrogen and oxygen atoms in total. The number of amides is 1. The number of nitrogens with zero attached hydrogens (tertiary/aromatic N) is 2. The van der Waals surface area contributed by atoms with Gasteiger partial charge in [-0.25, -0.2) is 0 Å². The lowest BCUT2D eigenvalue weighted by Gasteiger charge is -2.34. The van der Waals surface area contributed by atoms with Gasteiger partial charge in [-0.15, -0.1) is 0 Å². The molecule has 1 atom stereocenters. The van der Waals surface area contributed by atoms with Crippen LogP contribution in [0.25, 0.3) is 0 Å². The van der Waals surface area contributed by atoms with E-state index in [4.69, 9.17) is 0 Å². The molecule has 0 aliphatic carbocycles. The third-order valence-corrected chi connectivity index (χ3v) is 3.93. The van der Waals surface area contributed by atoms with Crippen LogP contribution in [-0.4, -0.2) is 41.8 Å². The quantitative estimate of drug-likeness (QED) is 0.880. The van der Waals surface area contributed by atoms with Gasteiger partial charge in [0.25, 0.3) is 5.91 Å². The van der Waals surface area contributed by atoms with Gasteiger partial charge in [0, 0.05) is 31.0 Å². The van der Waals surface area contributed by atoms with E-state index in [1.165, 1.54) is 18.3 Å². The predicted molar refractivity (Wildman–Crippen MR) is 84.4 cm³/mol. The topological polar surface area (TPSA) is 70.2 Å². The number of halogens is 2. The summed E-state index contributed by atoms with van der Waals surface area (Å²) in [5.41, 5.74) is 1.35. The molecule has 1 saturated heterocycles. The van der Waals surface area contributed by atoms with E-state index in [0.717, 1.165) is 25.1 Å². The van der Waals surface area contributed by atoms with Crippen molar-refractivity contribution >= 4 is 11.6 Å². The number of benzene rings is 1. The molecule has 1 aromatic heterocycles. The molecule has 8 heteroatoms. The summed E-state index contributed by atoms with van der Waals surface area (Å²) in [7, 11) is 0. The molecule has 2 aromatic rings. The van der Waals surface area contributed by atoms with E-state index in [2.05, 4.69) is 25.2 Å². The molecule has 1 amide bonds. The predicted octanol–water partition coefficient (Wildman–Crippen LogP) is 2.41. The summed E-state index contributed by atoms with van der Waals surface area (Å²) in [4.78, 5) is 14.2. The van der Waals surface area contributed by atoms with Gasteiger partial charge in [0.05, 0.1) is 0 Å². The van der Waals surface area contributed by atoms with Gasteiger partial charge in [0.15, 0.2) is 0 Å². The molecular weight excluding hydrogens is 318 g/mol. The van der Waals surface area contributed by atoms with Crippen LogP contribution in [0.3, 0.4) is 0 Å². The van der Waals surface area contributed by atoms with Crippen LogP contribution in [0.2, 0.25) is 0 Å². The maximum atomic E-state index is 12.2. The normalized spacial score (nSPS) is 17.8. The van der Waals surface area contributed by atoms with Crippen LogP contribution in [0.15, 0.2) is 36.5 Å². The SMILES string of the molecule is O=C(NC1CCCN(c2ccc(OC(F)F)cc2)C1)c1ccn[nH]1. The fourth-order valence-corrected chi connectivity index (χ4v) is 2.81. The summed E-state index contributed by atoms with van der Waals surface area (Å²) in [6, 6.07) is 8.18. The first-order chi connectivity index (χ1) is 11.6. The number of hydrogen-bond donors (Lipinski definition) is 2. The smallest absolute Gasteiger partial charge is 0.387 e. The van der Waals surface area contributed by atoms with Crippen molar-refractivity contribution in [1.82, 2.24) is 15.5 Å². The molecule has 128 valence electrons. The highest BCUT2D eigenvalue weighted by atomic mass is 19.3. The molecule has 1 unspecified atom stereocenters. The zero-order valence-electron chi connectivity index (χ0n) is 12.9. The minimum absolute atomic E-state index is 0.0199. The second kappa shape index (κ2) is 7.29. The second-order valence-corrected chi connectivity index (χ2v) is 5.60. The number of rotatable bonds is 5. The number of alkyl halides is 2. The number of carbonyl (C=O) groups is 1. The molecule has 3 rings (SSSR count). The number of nitrogens with one attached hydrogen (secondary N) is 2. The highest BCUT2D eigenvalue weighted by Gasteiger charge is 2.22. The maximum absolute atomic E-state index is 12.2. The number of hydrogen-bond acceptors (Lipinski definition) is 4. The number of ether oxygens (including phenoxy) is 1. The standard InChI is InChI=1S/C16H18F2N4O2/c17-16(18)24-13-5-3-12(4-6-13)22-9-1-2-11(10-22)20-15(23)14-7-8-19-21-14/h3-8,11,16H,1-2,9-10H2,(H,19,21)(H,20,23). The van der Waals surface area contributed by atoms with Crippen LogP contribution in [0, 0.1) is 0 Å². The van der Waals surface area contributed by atoms with Gasteiger partial charge < -0.3 is 15.0 Å². The maximum Gasteiger partial charge on any atom is 0.387 e. The van der Waals surface area contributed by atoms with E-state index >= 15 is 0 Å². The molecule has 2 N–H and O–H groups in total. The second-order valence-electron chi connectivity index (χ2n) is 5.60. The van der Waals surface area contributed by atoms with Crippen molar-refractivity contribution in [2.45, 2.75) is 25.5 Å². The summed E-state index contributed by atoms with van der Waals surface area (Å²) >= 11 is 0. The summed E-state index contributed by atoms with van der Waals surface area (Å²) in [6.07, 6.45) is 3.36. The summed E-state index contributed by atoms with van der Waals surface area (Å²) in [5.74, 6) is -0.0464. The summed E-state index contributed by atoms with van der Waals surface area (Å²) in [6.45, 7) is -1.31. The van der Waals surface area contributed by atoms with Crippen molar-refractivity contribution < 1.29 is 18.3 Å². The van der Waals surface area contributed by atoms with E-state index in [1.54, 1.807) is 18.2 Å². The van der Waals surface area contributed by atoms with Gasteiger partial charge in [-0.2, -0.15) is 13.9 Å². The number of anilines is 1. The van der Waals surface area contributed by atoms with Crippen molar-refractivity contribution in [3.05, 3.63) is 42.2 Å². The first-order valence-corrected chi connectivity index (χ1v) is 7.72. The molecule has 0 saturated carbocycles. The van der Waals surface area contributed by atoms with Gasteiger partial charge in [0.2, 0.25) is 0 Å². The Balaban J connectivity index is 1.59. The molecule has 2 heterocycles. The molecule has 0 bridgehead atoms. The molecule has 1 aliphatic rings. The average Bonchev–Trinajstić information content (AvgIpc) is 3.10. The van der Waals surface area contributed by atoms with Crippen molar-refractivity contribution in [2.24, 2.45) is 0 Å². The fourth-order valence-electron chi connectivity index (χ4n) is 2.81. The van der Waals surface area contributed by atoms with E-state index in [1.807, 2.05) is 0 Å². The van der Waals surface area contributed by atoms with Crippen LogP contribution >= 0.6 is 0 Å². The van der Waals surface area contributed by atoms with Gasteiger partial charge in [0.1, 0.15) is 11.4 Å². The number of aromatic nitrogens is 2. The number of aromatic amines is 1. The monoisotopic (exact) mass is 336 g/mol. The molecule has 1 aliphatic heterocycles. The molecule has 0 spiro atoms. The molecule has 1 fully saturated rings. The number of carbonyl (C=O) groups excluding carboxylic acids is 1. The zero-order chi connectivity index (χ0) is 16.9. The van der Waals surface area contributed by atoms with Gasteiger partial charge in [-0.3, -0.25) is 9.89 Å². The Morgan fingerprint density at radius 2 is 2.12 bits per heavy atom. The van der Waals surface area contributed by atoms with Crippen LogP contribution < -0.4 is 15.0 Å². The van der Waals surface area contributed by atoms with Crippen molar-refractivity contribution in [1.29, 1.82) is 0 Å². The fraction of sp³-hybridized carbons (Fsp3) is 0.375. The van der Waals surface area contributed by atoms with Gasteiger partial charge in [-0.1, -0.05) is 0 Å². The van der Waals surface area contributed by atoms with Crippen LogP contribution in [0.1, 0.15) is 23.3 Å². The average molecular weight is 336 g/mol. The Morgan fingerprint density at radius 1 is 1.33 bits per heavy atom. The number of piperidine rings is 1. The number of H-pyrrole nitrogens is 1. The van der Waals surface area contributed by atoms with E-state index in [0.29, 0.717) is 12.2 Å². The Morgan fingerprint density at radius 3 is 2.79 bits per heavy atom. The minimum Gasteiger partial charge on any atom is -0.435 e. The minimum atomic E-state index is -2.83. The molecule has 0 radical (unpaired) electrons. The molecule has 1 aromatic carbocycles. The lowest BCUT2D eigenvalue weighted by Crippen LogP contribution is -2.47. The van der Waals surface area contributed by atoms with Crippen LogP contribution in [0.4, 0.5) is 14.5 Å². The van der Waals surface area contributed by atoms with E-state index in [-0.39, 0.29) is 17.7 Å². The molecule has 24 heavy (non-hydrogen) atoms. The first-order valence-electron chi connectivity index (χ1n) is 7.72. The Labute approximate surface area is 137 Å². The zero-order valence-corrected chi connectivity index (χ0v) is 12.9. The van der Waals surface area contributed by atoms with E-state index < -0.39 is 6.61 Å². The Bertz CT molecular complexity index is 661. The van der Waals surface area contributed by atoms with Crippen LogP contribution in [0.5, 0.6) is 5.75 Å². The first kappa shape index (κ1) is 16.2. The largest absolute Gasteiger partial charge is 0.435 e. The lowest BCUT2D eigenvalue weighted by atomic mass is 10.0. The summed E-state index contributed by atoms with van der Waals surface area (Å²) in [5, 5.41) is 9.39. The van der Waals surface area contributed by atoms with Crippen molar-refractivity contribution in [3.63, 3.8) is 0 Å². The Kier molecular flexibility index (Phi) is 4.93. The highest BCUT2D eigenvalue weighted by molar-refractivity contribution is 5.92. The Hall–Kier alpha value is -2.64. The van der Waals surface area contributed by atoms with Gasteiger partial charge in [-0.05, 0) is 43.2 Å². The third-order valence-electron chi connectivity index (χ3n) is 3.93.